The molecule has 1 atom stereocenters. The Bertz CT molecular complexity index is 1200. The van der Waals surface area contributed by atoms with Crippen LogP contribution in [0.3, 0.4) is 0 Å². The van der Waals surface area contributed by atoms with E-state index in [4.69, 9.17) is 4.74 Å². The molecule has 208 valence electrons. The van der Waals surface area contributed by atoms with Gasteiger partial charge in [0.2, 0.25) is 0 Å². The maximum absolute atomic E-state index is 6.44. The Labute approximate surface area is 244 Å². The van der Waals surface area contributed by atoms with Crippen LogP contribution >= 0.6 is 16.1 Å². The first-order chi connectivity index (χ1) is 19.7. The first-order valence-corrected chi connectivity index (χ1v) is 16.6. The molecule has 3 rings (SSSR count). The van der Waals surface area contributed by atoms with Gasteiger partial charge in [-0.2, -0.15) is 0 Å². The van der Waals surface area contributed by atoms with Gasteiger partial charge in [-0.3, -0.25) is 4.99 Å². The average molecular weight is 569 g/mol. The highest BCUT2D eigenvalue weighted by Crippen LogP contribution is 2.66. The summed E-state index contributed by atoms with van der Waals surface area (Å²) in [7, 11) is -1.84. The molecule has 2 aromatic rings. The van der Waals surface area contributed by atoms with E-state index >= 15 is 0 Å². The molecule has 0 saturated heterocycles. The highest BCUT2D eigenvalue weighted by molar-refractivity contribution is 7.82. The fourth-order valence-electron chi connectivity index (χ4n) is 4.32. The molecule has 0 radical (unpaired) electrons. The van der Waals surface area contributed by atoms with Crippen LogP contribution in [0.15, 0.2) is 150 Å². The molecule has 1 aliphatic carbocycles. The van der Waals surface area contributed by atoms with Crippen LogP contribution in [0, 0.1) is 0 Å². The van der Waals surface area contributed by atoms with Gasteiger partial charge in [0.25, 0.3) is 0 Å². The summed E-state index contributed by atoms with van der Waals surface area (Å²) in [6.45, 7) is 13.9. The average Bonchev–Trinajstić information content (AvgIpc) is 3.23. The third kappa shape index (κ3) is 9.24. The fraction of sp³-hybridized carbons (Fsp3) is 0.229. The highest BCUT2D eigenvalue weighted by atomic mass is 31.2. The number of rotatable bonds is 16. The standard InChI is InChI=1S/C35H42N2OP2/c1-5-9-19-29-37(39(32-22-13-10-14-23-32)33-24-15-11-16-25-33)40(31(7-3)21-6-2)35-27-18-12-17-26-34(35)38-30-20-28-36-8-4/h6-8,10-16,18,20-28H,2-3,5,9,17,19,29-30H2,1,4H3/b28-20-,31-21+,36-8?. The van der Waals surface area contributed by atoms with Crippen molar-refractivity contribution in [2.24, 2.45) is 4.99 Å². The minimum absolute atomic E-state index is 0.459. The lowest BCUT2D eigenvalue weighted by atomic mass is 10.3. The van der Waals surface area contributed by atoms with E-state index in [0.29, 0.717) is 6.61 Å². The molecule has 0 N–H and O–H groups in total. The van der Waals surface area contributed by atoms with E-state index in [1.54, 1.807) is 12.4 Å². The molecule has 1 aliphatic rings. The molecule has 0 amide bonds. The third-order valence-electron chi connectivity index (χ3n) is 6.15. The molecular weight excluding hydrogens is 526 g/mol. The van der Waals surface area contributed by atoms with Gasteiger partial charge in [0, 0.05) is 40.4 Å². The minimum atomic E-state index is -1.00. The van der Waals surface area contributed by atoms with Crippen LogP contribution in [0.1, 0.15) is 39.5 Å². The van der Waals surface area contributed by atoms with Crippen molar-refractivity contribution in [2.45, 2.75) is 39.5 Å². The molecule has 0 heterocycles. The molecule has 0 aromatic heterocycles. The number of nitrogens with zero attached hydrogens (tertiary/aromatic N) is 2. The van der Waals surface area contributed by atoms with Crippen molar-refractivity contribution in [3.05, 3.63) is 145 Å². The molecule has 3 nitrogen and oxygen atoms in total. The SMILES string of the molecule is C=C/C=C(\C=C)P(C1=CC=CCC=C1OC/C=C\N=CC)N(CCCCC)P(c1ccccc1)c1ccccc1. The molecule has 40 heavy (non-hydrogen) atoms. The van der Waals surface area contributed by atoms with Gasteiger partial charge < -0.3 is 4.74 Å². The van der Waals surface area contributed by atoms with E-state index in [-0.39, 0.29) is 0 Å². The van der Waals surface area contributed by atoms with E-state index in [1.165, 1.54) is 34.1 Å². The normalized spacial score (nSPS) is 14.8. The summed E-state index contributed by atoms with van der Waals surface area (Å²) in [5.41, 5.74) is 0. The van der Waals surface area contributed by atoms with Crippen molar-refractivity contribution in [3.63, 3.8) is 0 Å². The van der Waals surface area contributed by atoms with Crippen molar-refractivity contribution in [2.75, 3.05) is 13.2 Å². The Hall–Kier alpha value is -3.09. The zero-order valence-electron chi connectivity index (χ0n) is 23.9. The van der Waals surface area contributed by atoms with Crippen molar-refractivity contribution in [1.82, 2.24) is 4.44 Å². The lowest BCUT2D eigenvalue weighted by Gasteiger charge is -2.40. The Morgan fingerprint density at radius 3 is 2.33 bits per heavy atom. The zero-order chi connectivity index (χ0) is 28.4. The summed E-state index contributed by atoms with van der Waals surface area (Å²) in [4.78, 5) is 4.19. The summed E-state index contributed by atoms with van der Waals surface area (Å²) in [5.74, 6) is 0.926. The van der Waals surface area contributed by atoms with Gasteiger partial charge in [-0.25, -0.2) is 4.44 Å². The van der Waals surface area contributed by atoms with E-state index in [0.717, 1.165) is 25.1 Å². The zero-order valence-corrected chi connectivity index (χ0v) is 25.7. The Morgan fingerprint density at radius 1 is 1.02 bits per heavy atom. The van der Waals surface area contributed by atoms with E-state index in [1.807, 2.05) is 25.2 Å². The third-order valence-corrected chi connectivity index (χ3v) is 11.8. The van der Waals surface area contributed by atoms with Gasteiger partial charge in [0.05, 0.1) is 0 Å². The van der Waals surface area contributed by atoms with Crippen LogP contribution in [0.2, 0.25) is 0 Å². The fourth-order valence-corrected chi connectivity index (χ4v) is 10.5. The van der Waals surface area contributed by atoms with Gasteiger partial charge in [-0.15, -0.1) is 0 Å². The van der Waals surface area contributed by atoms with Crippen molar-refractivity contribution in [3.8, 4) is 0 Å². The monoisotopic (exact) mass is 568 g/mol. The predicted octanol–water partition coefficient (Wildman–Crippen LogP) is 9.53. The van der Waals surface area contributed by atoms with E-state index < -0.39 is 16.1 Å². The molecule has 0 fully saturated rings. The lowest BCUT2D eigenvalue weighted by Crippen LogP contribution is -2.27. The van der Waals surface area contributed by atoms with Gasteiger partial charge in [0.15, 0.2) is 0 Å². The minimum Gasteiger partial charge on any atom is -0.489 e. The van der Waals surface area contributed by atoms with Crippen LogP contribution < -0.4 is 10.6 Å². The van der Waals surface area contributed by atoms with Crippen molar-refractivity contribution >= 4 is 33.0 Å². The van der Waals surface area contributed by atoms with Crippen molar-refractivity contribution < 1.29 is 4.74 Å². The molecular formula is C35H42N2OP2. The smallest absolute Gasteiger partial charge is 0.125 e. The summed E-state index contributed by atoms with van der Waals surface area (Å²) < 4.78 is 9.20. The van der Waals surface area contributed by atoms with E-state index in [2.05, 4.69) is 121 Å². The van der Waals surface area contributed by atoms with Crippen LogP contribution in [-0.2, 0) is 4.74 Å². The van der Waals surface area contributed by atoms with Crippen LogP contribution in [-0.4, -0.2) is 23.8 Å². The van der Waals surface area contributed by atoms with Crippen LogP contribution in [0.25, 0.3) is 0 Å². The maximum Gasteiger partial charge on any atom is 0.125 e. The second-order valence-electron chi connectivity index (χ2n) is 9.02. The summed E-state index contributed by atoms with van der Waals surface area (Å²) in [6.07, 6.45) is 24.6. The number of unbranched alkanes of at least 4 members (excludes halogenated alkanes) is 2. The van der Waals surface area contributed by atoms with Gasteiger partial charge in [-0.1, -0.05) is 124 Å². The largest absolute Gasteiger partial charge is 0.489 e. The molecule has 1 unspecified atom stereocenters. The quantitative estimate of drug-likeness (QED) is 0.0872. The number of hydrogen-bond donors (Lipinski definition) is 0. The molecule has 2 aromatic carbocycles. The summed E-state index contributed by atoms with van der Waals surface area (Å²) in [6, 6.07) is 21.9. The van der Waals surface area contributed by atoms with Crippen LogP contribution in [0.4, 0.5) is 0 Å². The highest BCUT2D eigenvalue weighted by Gasteiger charge is 2.34. The second kappa shape index (κ2) is 18.3. The topological polar surface area (TPSA) is 24.8 Å². The molecule has 0 saturated carbocycles. The lowest BCUT2D eigenvalue weighted by molar-refractivity contribution is 0.258. The molecule has 0 spiro atoms. The number of ether oxygens (including phenoxy) is 1. The second-order valence-corrected chi connectivity index (χ2v) is 13.6. The summed E-state index contributed by atoms with van der Waals surface area (Å²) >= 11 is 0. The summed E-state index contributed by atoms with van der Waals surface area (Å²) in [5, 5.41) is 5.04. The van der Waals surface area contributed by atoms with Crippen LogP contribution in [0.5, 0.6) is 0 Å². The van der Waals surface area contributed by atoms with Gasteiger partial charge >= 0.3 is 0 Å². The number of hydrogen-bond acceptors (Lipinski definition) is 3. The molecule has 0 bridgehead atoms. The Balaban J connectivity index is 2.21. The van der Waals surface area contributed by atoms with Gasteiger partial charge in [-0.05, 0) is 53.9 Å². The molecule has 0 aliphatic heterocycles. The predicted molar refractivity (Wildman–Crippen MR) is 180 cm³/mol. The Morgan fingerprint density at radius 2 is 1.73 bits per heavy atom. The Kier molecular flexibility index (Phi) is 14.4. The van der Waals surface area contributed by atoms with Gasteiger partial charge in [0.1, 0.15) is 12.4 Å². The van der Waals surface area contributed by atoms with Crippen molar-refractivity contribution in [1.29, 1.82) is 0 Å². The number of aliphatic imine (C=N–C) groups is 1. The maximum atomic E-state index is 6.44. The molecule has 5 heteroatoms. The number of allylic oxidation sites excluding steroid dienone is 9. The first kappa shape index (κ1) is 31.4. The first-order valence-electron chi connectivity index (χ1n) is 14.0. The number of benzene rings is 2. The van der Waals surface area contributed by atoms with E-state index in [9.17, 15) is 0 Å².